The molecule has 0 fully saturated rings. The van der Waals surface area contributed by atoms with Crippen molar-refractivity contribution in [1.82, 2.24) is 9.97 Å². The number of nitrogens with one attached hydrogen (secondary N) is 1. The van der Waals surface area contributed by atoms with Crippen molar-refractivity contribution < 1.29 is 9.47 Å². The van der Waals surface area contributed by atoms with Gasteiger partial charge in [0.25, 0.3) is 0 Å². The third-order valence-corrected chi connectivity index (χ3v) is 5.52. The summed E-state index contributed by atoms with van der Waals surface area (Å²) < 4.78 is 12.9. The van der Waals surface area contributed by atoms with E-state index in [9.17, 15) is 0 Å². The first kappa shape index (κ1) is 20.2. The molecule has 0 spiro atoms. The third kappa shape index (κ3) is 4.39. The zero-order chi connectivity index (χ0) is 21.1. The van der Waals surface area contributed by atoms with Crippen LogP contribution in [0.15, 0.2) is 60.8 Å². The second kappa shape index (κ2) is 8.32. The number of hydrogen-bond donors (Lipinski definition) is 1. The molecular weight excluding hydrogens is 394 g/mol. The minimum absolute atomic E-state index is 0.0374. The van der Waals surface area contributed by atoms with Crippen LogP contribution in [-0.2, 0) is 5.41 Å². The molecular formula is C24H25N3O2S. The quantitative estimate of drug-likeness (QED) is 0.367. The zero-order valence-electron chi connectivity index (χ0n) is 17.6. The molecule has 2 aromatic heterocycles. The van der Waals surface area contributed by atoms with Crippen LogP contribution >= 0.6 is 11.3 Å². The van der Waals surface area contributed by atoms with Crippen molar-refractivity contribution in [3.8, 4) is 17.4 Å². The van der Waals surface area contributed by atoms with Crippen molar-refractivity contribution in [3.63, 3.8) is 0 Å². The minimum Gasteiger partial charge on any atom is -0.494 e. The van der Waals surface area contributed by atoms with Gasteiger partial charge in [0.1, 0.15) is 17.2 Å². The summed E-state index contributed by atoms with van der Waals surface area (Å²) in [6.45, 7) is 9.13. The average Bonchev–Trinajstić information content (AvgIpc) is 3.11. The van der Waals surface area contributed by atoms with Crippen molar-refractivity contribution in [1.29, 1.82) is 0 Å². The first-order valence-electron chi connectivity index (χ1n) is 9.97. The highest BCUT2D eigenvalue weighted by atomic mass is 32.1. The largest absolute Gasteiger partial charge is 0.494 e. The maximum Gasteiger partial charge on any atom is 0.243 e. The van der Waals surface area contributed by atoms with E-state index in [0.717, 1.165) is 38.1 Å². The van der Waals surface area contributed by atoms with Crippen LogP contribution < -0.4 is 14.8 Å². The van der Waals surface area contributed by atoms with E-state index in [1.54, 1.807) is 17.5 Å². The van der Waals surface area contributed by atoms with E-state index in [1.807, 2.05) is 55.5 Å². The van der Waals surface area contributed by atoms with Crippen molar-refractivity contribution in [2.75, 3.05) is 11.9 Å². The number of fused-ring (bicyclic) bond motifs is 1. The van der Waals surface area contributed by atoms with E-state index < -0.39 is 0 Å². The summed E-state index contributed by atoms with van der Waals surface area (Å²) in [5.74, 6) is 2.17. The molecule has 4 rings (SSSR count). The standard InChI is InChI=1S/C24H25N3O2S/c1-5-28-16-12-13-18-21(15-16)30-23(26-18)27-19-10-8-14-25-22(19)29-20-11-7-6-9-17(20)24(2,3)4/h6-15H,5H2,1-4H3,(H,26,27). The number of para-hydroxylation sites is 1. The van der Waals surface area contributed by atoms with Crippen molar-refractivity contribution in [2.45, 2.75) is 33.1 Å². The van der Waals surface area contributed by atoms with E-state index in [2.05, 4.69) is 42.1 Å². The second-order valence-electron chi connectivity index (χ2n) is 7.91. The SMILES string of the molecule is CCOc1ccc2nc(Nc3cccnc3Oc3ccccc3C(C)(C)C)sc2c1. The monoisotopic (exact) mass is 419 g/mol. The maximum atomic E-state index is 6.25. The Morgan fingerprint density at radius 3 is 2.67 bits per heavy atom. The van der Waals surface area contributed by atoms with Gasteiger partial charge in [-0.3, -0.25) is 0 Å². The molecule has 6 heteroatoms. The number of aromatic nitrogens is 2. The van der Waals surface area contributed by atoms with Crippen LogP contribution in [0, 0.1) is 0 Å². The van der Waals surface area contributed by atoms with Gasteiger partial charge in [0.05, 0.1) is 16.8 Å². The lowest BCUT2D eigenvalue weighted by atomic mass is 9.86. The second-order valence-corrected chi connectivity index (χ2v) is 8.94. The van der Waals surface area contributed by atoms with E-state index in [1.165, 1.54) is 0 Å². The van der Waals surface area contributed by atoms with Crippen LogP contribution in [0.1, 0.15) is 33.3 Å². The highest BCUT2D eigenvalue weighted by Crippen LogP contribution is 2.37. The number of rotatable bonds is 6. The fourth-order valence-corrected chi connectivity index (χ4v) is 4.08. The van der Waals surface area contributed by atoms with Crippen molar-refractivity contribution in [2.24, 2.45) is 0 Å². The molecule has 4 aromatic rings. The van der Waals surface area contributed by atoms with E-state index >= 15 is 0 Å². The minimum atomic E-state index is -0.0374. The molecule has 1 N–H and O–H groups in total. The van der Waals surface area contributed by atoms with Crippen LogP contribution in [0.5, 0.6) is 17.4 Å². The zero-order valence-corrected chi connectivity index (χ0v) is 18.4. The smallest absolute Gasteiger partial charge is 0.243 e. The molecule has 0 aliphatic carbocycles. The molecule has 154 valence electrons. The van der Waals surface area contributed by atoms with Crippen LogP contribution in [0.4, 0.5) is 10.8 Å². The third-order valence-electron chi connectivity index (χ3n) is 4.59. The van der Waals surface area contributed by atoms with Gasteiger partial charge < -0.3 is 14.8 Å². The summed E-state index contributed by atoms with van der Waals surface area (Å²) in [5.41, 5.74) is 2.79. The topological polar surface area (TPSA) is 56.3 Å². The Hall–Kier alpha value is -3.12. The predicted molar refractivity (Wildman–Crippen MR) is 124 cm³/mol. The highest BCUT2D eigenvalue weighted by molar-refractivity contribution is 7.22. The Labute approximate surface area is 180 Å². The fraction of sp³-hybridized carbons (Fsp3) is 0.250. The molecule has 0 saturated carbocycles. The summed E-state index contributed by atoms with van der Waals surface area (Å²) in [7, 11) is 0. The van der Waals surface area contributed by atoms with E-state index in [-0.39, 0.29) is 5.41 Å². The van der Waals surface area contributed by atoms with E-state index in [4.69, 9.17) is 9.47 Å². The van der Waals surface area contributed by atoms with Crippen LogP contribution in [-0.4, -0.2) is 16.6 Å². The molecule has 0 atom stereocenters. The summed E-state index contributed by atoms with van der Waals surface area (Å²) in [5, 5.41) is 4.15. The van der Waals surface area contributed by atoms with Gasteiger partial charge in [-0.2, -0.15) is 0 Å². The number of nitrogens with zero attached hydrogens (tertiary/aromatic N) is 2. The Kier molecular flexibility index (Phi) is 5.59. The van der Waals surface area contributed by atoms with Gasteiger partial charge in [-0.15, -0.1) is 0 Å². The lowest BCUT2D eigenvalue weighted by Gasteiger charge is -2.22. The van der Waals surface area contributed by atoms with Gasteiger partial charge >= 0.3 is 0 Å². The van der Waals surface area contributed by atoms with Crippen LogP contribution in [0.2, 0.25) is 0 Å². The summed E-state index contributed by atoms with van der Waals surface area (Å²) in [6.07, 6.45) is 1.73. The average molecular weight is 420 g/mol. The lowest BCUT2D eigenvalue weighted by molar-refractivity contribution is 0.341. The van der Waals surface area contributed by atoms with Gasteiger partial charge in [-0.1, -0.05) is 50.3 Å². The van der Waals surface area contributed by atoms with Crippen molar-refractivity contribution in [3.05, 3.63) is 66.4 Å². The maximum absolute atomic E-state index is 6.25. The number of pyridine rings is 1. The van der Waals surface area contributed by atoms with Crippen LogP contribution in [0.25, 0.3) is 10.2 Å². The number of thiazole rings is 1. The van der Waals surface area contributed by atoms with Gasteiger partial charge in [0, 0.05) is 11.8 Å². The molecule has 0 unspecified atom stereocenters. The van der Waals surface area contributed by atoms with E-state index in [0.29, 0.717) is 12.5 Å². The molecule has 0 amide bonds. The van der Waals surface area contributed by atoms with Crippen molar-refractivity contribution >= 4 is 32.4 Å². The fourth-order valence-electron chi connectivity index (χ4n) is 3.18. The summed E-state index contributed by atoms with van der Waals surface area (Å²) in [6, 6.07) is 17.8. The number of benzene rings is 2. The molecule has 0 aliphatic rings. The number of anilines is 2. The predicted octanol–water partition coefficient (Wildman–Crippen LogP) is 6.92. The van der Waals surface area contributed by atoms with Gasteiger partial charge in [0.2, 0.25) is 5.88 Å². The molecule has 2 heterocycles. The number of hydrogen-bond acceptors (Lipinski definition) is 6. The Bertz CT molecular complexity index is 1160. The molecule has 0 saturated heterocycles. The normalized spacial score (nSPS) is 11.5. The molecule has 5 nitrogen and oxygen atoms in total. The highest BCUT2D eigenvalue weighted by Gasteiger charge is 2.20. The molecule has 0 aliphatic heterocycles. The molecule has 0 radical (unpaired) electrons. The first-order chi connectivity index (χ1) is 14.4. The summed E-state index contributed by atoms with van der Waals surface area (Å²) >= 11 is 1.57. The van der Waals surface area contributed by atoms with Gasteiger partial charge in [-0.05, 0) is 48.7 Å². The summed E-state index contributed by atoms with van der Waals surface area (Å²) in [4.78, 5) is 9.14. The number of ether oxygens (including phenoxy) is 2. The van der Waals surface area contributed by atoms with Gasteiger partial charge in [-0.25, -0.2) is 9.97 Å². The Balaban J connectivity index is 1.63. The Morgan fingerprint density at radius 2 is 1.87 bits per heavy atom. The molecule has 30 heavy (non-hydrogen) atoms. The molecule has 2 aromatic carbocycles. The van der Waals surface area contributed by atoms with Gasteiger partial charge in [0.15, 0.2) is 5.13 Å². The molecule has 0 bridgehead atoms. The Morgan fingerprint density at radius 1 is 1.03 bits per heavy atom. The van der Waals surface area contributed by atoms with Crippen LogP contribution in [0.3, 0.4) is 0 Å². The first-order valence-corrected chi connectivity index (χ1v) is 10.8. The lowest BCUT2D eigenvalue weighted by Crippen LogP contribution is -2.12.